The van der Waals surface area contributed by atoms with Gasteiger partial charge in [-0.15, -0.1) is 0 Å². The van der Waals surface area contributed by atoms with Gasteiger partial charge < -0.3 is 14.6 Å². The van der Waals surface area contributed by atoms with E-state index in [9.17, 15) is 4.79 Å². The van der Waals surface area contributed by atoms with Crippen molar-refractivity contribution >= 4 is 23.7 Å². The Morgan fingerprint density at radius 2 is 1.80 bits per heavy atom. The lowest BCUT2D eigenvalue weighted by atomic mass is 10.1. The molecule has 0 aliphatic rings. The molecule has 0 saturated carbocycles. The molecule has 2 aromatic carbocycles. The molecule has 126 valence electrons. The molecule has 1 aromatic heterocycles. The number of carbonyl (C=O) groups excluding carboxylic acids is 1. The number of rotatable bonds is 5. The van der Waals surface area contributed by atoms with Crippen molar-refractivity contribution in [3.8, 4) is 5.75 Å². The SMILES string of the molecule is COc1cccc(C=Cc2ccc(C(=O)Nc3ccn(C)c3)cc2)c1. The van der Waals surface area contributed by atoms with Crippen molar-refractivity contribution in [1.82, 2.24) is 4.57 Å². The summed E-state index contributed by atoms with van der Waals surface area (Å²) in [6, 6.07) is 17.2. The van der Waals surface area contributed by atoms with E-state index in [4.69, 9.17) is 4.74 Å². The van der Waals surface area contributed by atoms with Crippen molar-refractivity contribution in [3.05, 3.63) is 83.7 Å². The highest BCUT2D eigenvalue weighted by Gasteiger charge is 2.06. The fourth-order valence-corrected chi connectivity index (χ4v) is 2.46. The highest BCUT2D eigenvalue weighted by Crippen LogP contribution is 2.16. The number of aromatic nitrogens is 1. The summed E-state index contributed by atoms with van der Waals surface area (Å²) in [5, 5.41) is 2.88. The predicted molar refractivity (Wildman–Crippen MR) is 102 cm³/mol. The van der Waals surface area contributed by atoms with Crippen LogP contribution in [0.15, 0.2) is 67.0 Å². The molecular weight excluding hydrogens is 312 g/mol. The van der Waals surface area contributed by atoms with Gasteiger partial charge in [-0.1, -0.05) is 36.4 Å². The molecule has 0 radical (unpaired) electrons. The molecule has 4 heteroatoms. The summed E-state index contributed by atoms with van der Waals surface area (Å²) >= 11 is 0. The largest absolute Gasteiger partial charge is 0.497 e. The van der Waals surface area contributed by atoms with Crippen molar-refractivity contribution in [3.63, 3.8) is 0 Å². The van der Waals surface area contributed by atoms with E-state index in [2.05, 4.69) is 5.32 Å². The van der Waals surface area contributed by atoms with Crippen LogP contribution in [0.1, 0.15) is 21.5 Å². The van der Waals surface area contributed by atoms with Gasteiger partial charge in [-0.2, -0.15) is 0 Å². The fourth-order valence-electron chi connectivity index (χ4n) is 2.46. The zero-order valence-electron chi connectivity index (χ0n) is 14.3. The van der Waals surface area contributed by atoms with E-state index >= 15 is 0 Å². The number of hydrogen-bond acceptors (Lipinski definition) is 2. The van der Waals surface area contributed by atoms with E-state index in [1.165, 1.54) is 0 Å². The van der Waals surface area contributed by atoms with Crippen molar-refractivity contribution in [2.45, 2.75) is 0 Å². The number of aryl methyl sites for hydroxylation is 1. The van der Waals surface area contributed by atoms with Crippen LogP contribution in [0.4, 0.5) is 5.69 Å². The van der Waals surface area contributed by atoms with Gasteiger partial charge in [0.15, 0.2) is 0 Å². The number of ether oxygens (including phenoxy) is 1. The number of anilines is 1. The average molecular weight is 332 g/mol. The molecule has 1 heterocycles. The molecule has 0 unspecified atom stereocenters. The second-order valence-electron chi connectivity index (χ2n) is 5.75. The van der Waals surface area contributed by atoms with Gasteiger partial charge in [-0.05, 0) is 41.5 Å². The number of amides is 1. The third-order valence-electron chi connectivity index (χ3n) is 3.82. The Hall–Kier alpha value is -3.27. The minimum atomic E-state index is -0.116. The van der Waals surface area contributed by atoms with Gasteiger partial charge in [-0.3, -0.25) is 4.79 Å². The molecule has 4 nitrogen and oxygen atoms in total. The van der Waals surface area contributed by atoms with E-state index in [1.807, 2.05) is 90.8 Å². The summed E-state index contributed by atoms with van der Waals surface area (Å²) in [7, 11) is 3.57. The quantitative estimate of drug-likeness (QED) is 0.701. The lowest BCUT2D eigenvalue weighted by Crippen LogP contribution is -2.11. The van der Waals surface area contributed by atoms with Gasteiger partial charge in [0.25, 0.3) is 5.91 Å². The number of hydrogen-bond donors (Lipinski definition) is 1. The van der Waals surface area contributed by atoms with Crippen LogP contribution in [0.3, 0.4) is 0 Å². The second kappa shape index (κ2) is 7.53. The third-order valence-corrected chi connectivity index (χ3v) is 3.82. The Labute approximate surface area is 147 Å². The Morgan fingerprint density at radius 1 is 1.04 bits per heavy atom. The lowest BCUT2D eigenvalue weighted by Gasteiger charge is -2.03. The average Bonchev–Trinajstić information content (AvgIpc) is 3.05. The molecule has 3 rings (SSSR count). The molecule has 0 fully saturated rings. The topological polar surface area (TPSA) is 43.3 Å². The summed E-state index contributed by atoms with van der Waals surface area (Å²) in [6.45, 7) is 0. The van der Waals surface area contributed by atoms with E-state index in [0.717, 1.165) is 22.6 Å². The van der Waals surface area contributed by atoms with Crippen LogP contribution in [-0.4, -0.2) is 17.6 Å². The second-order valence-corrected chi connectivity index (χ2v) is 5.75. The van der Waals surface area contributed by atoms with Gasteiger partial charge in [0, 0.05) is 25.0 Å². The number of benzene rings is 2. The van der Waals surface area contributed by atoms with Crippen LogP contribution in [0.25, 0.3) is 12.2 Å². The van der Waals surface area contributed by atoms with Crippen LogP contribution in [0, 0.1) is 0 Å². The Morgan fingerprint density at radius 3 is 2.48 bits per heavy atom. The summed E-state index contributed by atoms with van der Waals surface area (Å²) < 4.78 is 7.11. The maximum Gasteiger partial charge on any atom is 0.255 e. The molecule has 0 atom stereocenters. The normalized spacial score (nSPS) is 10.8. The van der Waals surface area contributed by atoms with Gasteiger partial charge >= 0.3 is 0 Å². The molecule has 0 spiro atoms. The summed E-state index contributed by atoms with van der Waals surface area (Å²) in [5.74, 6) is 0.713. The number of nitrogens with one attached hydrogen (secondary N) is 1. The third kappa shape index (κ3) is 4.38. The summed E-state index contributed by atoms with van der Waals surface area (Å²) in [5.41, 5.74) is 3.50. The van der Waals surface area contributed by atoms with Crippen LogP contribution < -0.4 is 10.1 Å². The molecule has 0 saturated heterocycles. The van der Waals surface area contributed by atoms with Crippen LogP contribution in [0.5, 0.6) is 5.75 Å². The van der Waals surface area contributed by atoms with Gasteiger partial charge in [0.1, 0.15) is 5.75 Å². The standard InChI is InChI=1S/C21H20N2O2/c1-23-13-12-19(15-23)22-21(24)18-10-8-16(9-11-18)6-7-17-4-3-5-20(14-17)25-2/h3-15H,1-2H3,(H,22,24). The van der Waals surface area contributed by atoms with E-state index < -0.39 is 0 Å². The van der Waals surface area contributed by atoms with Crippen molar-refractivity contribution < 1.29 is 9.53 Å². The first-order valence-corrected chi connectivity index (χ1v) is 7.99. The lowest BCUT2D eigenvalue weighted by molar-refractivity contribution is 0.102. The Kier molecular flexibility index (Phi) is 5.00. The number of methoxy groups -OCH3 is 1. The Balaban J connectivity index is 1.67. The summed E-state index contributed by atoms with van der Waals surface area (Å²) in [6.07, 6.45) is 7.78. The van der Waals surface area contributed by atoms with Crippen molar-refractivity contribution in [1.29, 1.82) is 0 Å². The van der Waals surface area contributed by atoms with Crippen molar-refractivity contribution in [2.75, 3.05) is 12.4 Å². The molecule has 1 amide bonds. The maximum atomic E-state index is 12.2. The smallest absolute Gasteiger partial charge is 0.255 e. The van der Waals surface area contributed by atoms with Crippen LogP contribution in [0.2, 0.25) is 0 Å². The van der Waals surface area contributed by atoms with Crippen molar-refractivity contribution in [2.24, 2.45) is 7.05 Å². The minimum Gasteiger partial charge on any atom is -0.497 e. The van der Waals surface area contributed by atoms with E-state index in [0.29, 0.717) is 5.56 Å². The van der Waals surface area contributed by atoms with Gasteiger partial charge in [0.2, 0.25) is 0 Å². The van der Waals surface area contributed by atoms with Crippen LogP contribution >= 0.6 is 0 Å². The van der Waals surface area contributed by atoms with E-state index in [-0.39, 0.29) is 5.91 Å². The predicted octanol–water partition coefficient (Wildman–Crippen LogP) is 4.46. The zero-order chi connectivity index (χ0) is 17.6. The molecule has 25 heavy (non-hydrogen) atoms. The first-order valence-electron chi connectivity index (χ1n) is 7.99. The highest BCUT2D eigenvalue weighted by molar-refractivity contribution is 6.04. The van der Waals surface area contributed by atoms with E-state index in [1.54, 1.807) is 7.11 Å². The first-order chi connectivity index (χ1) is 12.1. The molecule has 3 aromatic rings. The van der Waals surface area contributed by atoms with Crippen LogP contribution in [-0.2, 0) is 7.05 Å². The van der Waals surface area contributed by atoms with Gasteiger partial charge in [-0.25, -0.2) is 0 Å². The monoisotopic (exact) mass is 332 g/mol. The number of nitrogens with zero attached hydrogens (tertiary/aromatic N) is 1. The molecule has 0 aliphatic heterocycles. The number of carbonyl (C=O) groups is 1. The maximum absolute atomic E-state index is 12.2. The molecule has 0 aliphatic carbocycles. The molecule has 1 N–H and O–H groups in total. The summed E-state index contributed by atoms with van der Waals surface area (Å²) in [4.78, 5) is 12.2. The molecule has 0 bridgehead atoms. The fraction of sp³-hybridized carbons (Fsp3) is 0.0952. The minimum absolute atomic E-state index is 0.116. The molecular formula is C21H20N2O2. The first kappa shape index (κ1) is 16.6. The Bertz CT molecular complexity index is 892. The zero-order valence-corrected chi connectivity index (χ0v) is 14.3. The van der Waals surface area contributed by atoms with Gasteiger partial charge in [0.05, 0.1) is 12.8 Å². The highest BCUT2D eigenvalue weighted by atomic mass is 16.5.